The second-order valence-corrected chi connectivity index (χ2v) is 5.15. The molecule has 2 fully saturated rings. The van der Waals surface area contributed by atoms with Crippen LogP contribution in [0.15, 0.2) is 0 Å². The molecule has 15 heavy (non-hydrogen) atoms. The summed E-state index contributed by atoms with van der Waals surface area (Å²) >= 11 is 0. The van der Waals surface area contributed by atoms with Gasteiger partial charge in [0.1, 0.15) is 5.67 Å². The van der Waals surface area contributed by atoms with Crippen molar-refractivity contribution in [3.8, 4) is 0 Å². The second kappa shape index (κ2) is 5.26. The Bertz CT molecular complexity index is 184. The zero-order chi connectivity index (χ0) is 10.6. The van der Waals surface area contributed by atoms with E-state index in [9.17, 15) is 4.39 Å². The molecule has 0 spiro atoms. The van der Waals surface area contributed by atoms with Gasteiger partial charge in [0.2, 0.25) is 0 Å². The van der Waals surface area contributed by atoms with Gasteiger partial charge in [0.15, 0.2) is 0 Å². The SMILES string of the molecule is FC1(CNC2CCCCC2)CCCNC1. The van der Waals surface area contributed by atoms with Gasteiger partial charge in [-0.05, 0) is 32.2 Å². The predicted octanol–water partition coefficient (Wildman–Crippen LogP) is 2.00. The smallest absolute Gasteiger partial charge is 0.135 e. The fourth-order valence-electron chi connectivity index (χ4n) is 2.72. The lowest BCUT2D eigenvalue weighted by Gasteiger charge is -2.33. The summed E-state index contributed by atoms with van der Waals surface area (Å²) in [5.74, 6) is 0. The van der Waals surface area contributed by atoms with Crippen LogP contribution in [0.3, 0.4) is 0 Å². The summed E-state index contributed by atoms with van der Waals surface area (Å²) < 4.78 is 14.2. The highest BCUT2D eigenvalue weighted by atomic mass is 19.1. The van der Waals surface area contributed by atoms with Crippen molar-refractivity contribution in [2.75, 3.05) is 19.6 Å². The van der Waals surface area contributed by atoms with Crippen molar-refractivity contribution in [2.45, 2.75) is 56.7 Å². The maximum atomic E-state index is 14.2. The first kappa shape index (κ1) is 11.3. The molecule has 2 nitrogen and oxygen atoms in total. The number of rotatable bonds is 3. The Morgan fingerprint density at radius 3 is 2.67 bits per heavy atom. The van der Waals surface area contributed by atoms with E-state index in [1.54, 1.807) is 0 Å². The molecule has 0 aromatic carbocycles. The molecule has 1 unspecified atom stereocenters. The minimum absolute atomic E-state index is 0.534. The third-order valence-corrected chi connectivity index (χ3v) is 3.73. The molecule has 0 aromatic rings. The zero-order valence-electron chi connectivity index (χ0n) is 9.53. The molecule has 2 N–H and O–H groups in total. The Labute approximate surface area is 92.0 Å². The topological polar surface area (TPSA) is 24.1 Å². The number of alkyl halides is 1. The van der Waals surface area contributed by atoms with Crippen LogP contribution in [-0.2, 0) is 0 Å². The molecule has 0 radical (unpaired) electrons. The molecule has 2 rings (SSSR count). The number of piperidine rings is 1. The number of nitrogens with one attached hydrogen (secondary N) is 2. The first-order valence-electron chi connectivity index (χ1n) is 6.42. The Kier molecular flexibility index (Phi) is 3.98. The van der Waals surface area contributed by atoms with Gasteiger partial charge in [-0.1, -0.05) is 19.3 Å². The molecule has 3 heteroatoms. The van der Waals surface area contributed by atoms with Crippen molar-refractivity contribution in [1.82, 2.24) is 10.6 Å². The van der Waals surface area contributed by atoms with Gasteiger partial charge < -0.3 is 10.6 Å². The maximum Gasteiger partial charge on any atom is 0.135 e. The lowest BCUT2D eigenvalue weighted by molar-refractivity contribution is 0.113. The van der Waals surface area contributed by atoms with E-state index in [0.29, 0.717) is 19.1 Å². The molecule has 1 saturated heterocycles. The van der Waals surface area contributed by atoms with Crippen LogP contribution in [0.5, 0.6) is 0 Å². The summed E-state index contributed by atoms with van der Waals surface area (Å²) in [4.78, 5) is 0. The average molecular weight is 214 g/mol. The van der Waals surface area contributed by atoms with Gasteiger partial charge in [-0.25, -0.2) is 4.39 Å². The van der Waals surface area contributed by atoms with Gasteiger partial charge in [-0.15, -0.1) is 0 Å². The summed E-state index contributed by atoms with van der Waals surface area (Å²) in [5.41, 5.74) is -0.990. The first-order chi connectivity index (χ1) is 7.29. The largest absolute Gasteiger partial charge is 0.313 e. The molecular formula is C12H23FN2. The Morgan fingerprint density at radius 1 is 1.20 bits per heavy atom. The van der Waals surface area contributed by atoms with Crippen LogP contribution in [0.1, 0.15) is 44.9 Å². The van der Waals surface area contributed by atoms with Gasteiger partial charge in [-0.2, -0.15) is 0 Å². The molecule has 1 heterocycles. The third-order valence-electron chi connectivity index (χ3n) is 3.73. The molecule has 0 bridgehead atoms. The van der Waals surface area contributed by atoms with Crippen LogP contribution < -0.4 is 10.6 Å². The molecule has 0 aromatic heterocycles. The van der Waals surface area contributed by atoms with Crippen molar-refractivity contribution in [1.29, 1.82) is 0 Å². The Morgan fingerprint density at radius 2 is 2.00 bits per heavy atom. The van der Waals surface area contributed by atoms with Crippen LogP contribution in [0.4, 0.5) is 4.39 Å². The van der Waals surface area contributed by atoms with Crippen LogP contribution >= 0.6 is 0 Å². The van der Waals surface area contributed by atoms with E-state index in [2.05, 4.69) is 10.6 Å². The van der Waals surface area contributed by atoms with Crippen molar-refractivity contribution in [3.63, 3.8) is 0 Å². The summed E-state index contributed by atoms with van der Waals surface area (Å²) in [6.07, 6.45) is 8.17. The molecule has 1 saturated carbocycles. The van der Waals surface area contributed by atoms with E-state index in [1.807, 2.05) is 0 Å². The van der Waals surface area contributed by atoms with E-state index < -0.39 is 5.67 Å². The highest BCUT2D eigenvalue weighted by molar-refractivity contribution is 4.89. The Hall–Kier alpha value is -0.150. The molecule has 1 aliphatic carbocycles. The van der Waals surface area contributed by atoms with Crippen LogP contribution in [0.25, 0.3) is 0 Å². The van der Waals surface area contributed by atoms with Gasteiger partial charge in [-0.3, -0.25) is 0 Å². The summed E-state index contributed by atoms with van der Waals surface area (Å²) in [6.45, 7) is 2.06. The first-order valence-corrected chi connectivity index (χ1v) is 6.42. The predicted molar refractivity (Wildman–Crippen MR) is 60.8 cm³/mol. The van der Waals surface area contributed by atoms with E-state index in [0.717, 1.165) is 19.4 Å². The number of halogens is 1. The van der Waals surface area contributed by atoms with E-state index in [4.69, 9.17) is 0 Å². The lowest BCUT2D eigenvalue weighted by atomic mass is 9.92. The van der Waals surface area contributed by atoms with Crippen molar-refractivity contribution in [2.24, 2.45) is 0 Å². The van der Waals surface area contributed by atoms with E-state index in [-0.39, 0.29) is 0 Å². The zero-order valence-corrected chi connectivity index (χ0v) is 9.53. The Balaban J connectivity index is 1.70. The normalized spacial score (nSPS) is 34.2. The monoisotopic (exact) mass is 214 g/mol. The summed E-state index contributed by atoms with van der Waals surface area (Å²) in [7, 11) is 0. The molecule has 2 aliphatic rings. The van der Waals surface area contributed by atoms with Gasteiger partial charge >= 0.3 is 0 Å². The minimum Gasteiger partial charge on any atom is -0.313 e. The van der Waals surface area contributed by atoms with Crippen molar-refractivity contribution in [3.05, 3.63) is 0 Å². The highest BCUT2D eigenvalue weighted by Crippen LogP contribution is 2.22. The molecule has 88 valence electrons. The minimum atomic E-state index is -0.990. The maximum absolute atomic E-state index is 14.2. The molecule has 1 aliphatic heterocycles. The van der Waals surface area contributed by atoms with Crippen LogP contribution in [0, 0.1) is 0 Å². The lowest BCUT2D eigenvalue weighted by Crippen LogP contribution is -2.50. The highest BCUT2D eigenvalue weighted by Gasteiger charge is 2.32. The number of hydrogen-bond donors (Lipinski definition) is 2. The average Bonchev–Trinajstić information content (AvgIpc) is 2.29. The van der Waals surface area contributed by atoms with Crippen LogP contribution in [0.2, 0.25) is 0 Å². The van der Waals surface area contributed by atoms with Gasteiger partial charge in [0, 0.05) is 19.1 Å². The molecular weight excluding hydrogens is 191 g/mol. The second-order valence-electron chi connectivity index (χ2n) is 5.15. The van der Waals surface area contributed by atoms with Crippen molar-refractivity contribution >= 4 is 0 Å². The fraction of sp³-hybridized carbons (Fsp3) is 1.00. The van der Waals surface area contributed by atoms with Crippen LogP contribution in [-0.4, -0.2) is 31.3 Å². The fourth-order valence-corrected chi connectivity index (χ4v) is 2.72. The van der Waals surface area contributed by atoms with E-state index in [1.165, 1.54) is 32.1 Å². The summed E-state index contributed by atoms with van der Waals surface area (Å²) in [5, 5.41) is 6.56. The van der Waals surface area contributed by atoms with Gasteiger partial charge in [0.25, 0.3) is 0 Å². The standard InChI is InChI=1S/C12H23FN2/c13-12(7-4-8-14-9-12)10-15-11-5-2-1-3-6-11/h11,14-15H,1-10H2. The van der Waals surface area contributed by atoms with E-state index >= 15 is 0 Å². The number of hydrogen-bond acceptors (Lipinski definition) is 2. The quantitative estimate of drug-likeness (QED) is 0.751. The van der Waals surface area contributed by atoms with Crippen molar-refractivity contribution < 1.29 is 4.39 Å². The third kappa shape index (κ3) is 3.42. The molecule has 0 amide bonds. The van der Waals surface area contributed by atoms with Gasteiger partial charge in [0.05, 0.1) is 0 Å². The molecule has 1 atom stereocenters. The summed E-state index contributed by atoms with van der Waals surface area (Å²) in [6, 6.07) is 0.577.